The maximum Gasteiger partial charge on any atom is 0.168 e. The number of rotatable bonds is 5. The van der Waals surface area contributed by atoms with Crippen LogP contribution in [0.4, 0.5) is 5.69 Å². The molecule has 0 bridgehead atoms. The van der Waals surface area contributed by atoms with Crippen LogP contribution < -0.4 is 10.2 Å². The Labute approximate surface area is 130 Å². The fourth-order valence-electron chi connectivity index (χ4n) is 2.73. The summed E-state index contributed by atoms with van der Waals surface area (Å²) in [6.45, 7) is 7.35. The van der Waals surface area contributed by atoms with Crippen molar-refractivity contribution in [3.05, 3.63) is 42.2 Å². The van der Waals surface area contributed by atoms with Gasteiger partial charge in [-0.15, -0.1) is 0 Å². The van der Waals surface area contributed by atoms with E-state index in [1.165, 1.54) is 11.3 Å². The molecule has 2 heterocycles. The summed E-state index contributed by atoms with van der Waals surface area (Å²) >= 11 is 1.80. The van der Waals surface area contributed by atoms with E-state index in [2.05, 4.69) is 57.2 Å². The summed E-state index contributed by atoms with van der Waals surface area (Å²) < 4.78 is 2.25. The lowest BCUT2D eigenvalue weighted by Crippen LogP contribution is -2.43. The fourth-order valence-corrected chi connectivity index (χ4v) is 3.41. The Bertz CT molecular complexity index is 575. The van der Waals surface area contributed by atoms with Crippen LogP contribution in [-0.4, -0.2) is 41.5 Å². The predicted molar refractivity (Wildman–Crippen MR) is 89.3 cm³/mol. The lowest BCUT2D eigenvalue weighted by atomic mass is 10.1. The molecule has 5 heteroatoms. The van der Waals surface area contributed by atoms with Crippen molar-refractivity contribution in [1.29, 1.82) is 0 Å². The molecule has 1 aliphatic heterocycles. The second-order valence-corrected chi connectivity index (χ2v) is 6.37. The van der Waals surface area contributed by atoms with Crippen molar-refractivity contribution in [1.82, 2.24) is 14.9 Å². The minimum atomic E-state index is 0.891. The molecule has 0 aliphatic carbocycles. The average Bonchev–Trinajstić information content (AvgIpc) is 2.96. The smallest absolute Gasteiger partial charge is 0.168 e. The minimum Gasteiger partial charge on any atom is -0.369 e. The summed E-state index contributed by atoms with van der Waals surface area (Å²) in [6, 6.07) is 8.74. The van der Waals surface area contributed by atoms with E-state index in [-0.39, 0.29) is 0 Å². The molecule has 3 rings (SSSR count). The third-order valence-electron chi connectivity index (χ3n) is 3.74. The maximum atomic E-state index is 4.45. The molecule has 0 spiro atoms. The van der Waals surface area contributed by atoms with Gasteiger partial charge in [0.05, 0.1) is 6.54 Å². The second kappa shape index (κ2) is 7.00. The summed E-state index contributed by atoms with van der Waals surface area (Å²) in [5, 5.41) is 4.52. The number of benzene rings is 1. The molecule has 1 N–H and O–H groups in total. The first-order valence-electron chi connectivity index (χ1n) is 7.56. The number of hydrogen-bond acceptors (Lipinski definition) is 4. The third kappa shape index (κ3) is 3.41. The molecule has 1 aromatic heterocycles. The fraction of sp³-hybridized carbons (Fsp3) is 0.438. The summed E-state index contributed by atoms with van der Waals surface area (Å²) in [7, 11) is 0. The molecular weight excluding hydrogens is 280 g/mol. The Morgan fingerprint density at radius 2 is 2.05 bits per heavy atom. The standard InChI is InChI=1S/C16H22N4S/c1-2-21-16-18-9-12-20(16)13-14-5-3-4-6-15(14)19-10-7-17-8-11-19/h3-6,9,12,17H,2,7-8,10-11,13H2,1H3. The molecule has 1 fully saturated rings. The van der Waals surface area contributed by atoms with Crippen LogP contribution in [0.25, 0.3) is 0 Å². The zero-order chi connectivity index (χ0) is 14.5. The van der Waals surface area contributed by atoms with E-state index in [0.717, 1.165) is 43.6 Å². The number of piperazine rings is 1. The second-order valence-electron chi connectivity index (χ2n) is 5.14. The molecule has 0 saturated carbocycles. The molecule has 0 amide bonds. The summed E-state index contributed by atoms with van der Waals surface area (Å²) in [6.07, 6.45) is 3.97. The first-order valence-corrected chi connectivity index (χ1v) is 8.54. The third-order valence-corrected chi connectivity index (χ3v) is 4.63. The van der Waals surface area contributed by atoms with Crippen LogP contribution in [-0.2, 0) is 6.54 Å². The molecule has 1 saturated heterocycles. The molecular formula is C16H22N4S. The van der Waals surface area contributed by atoms with Crippen molar-refractivity contribution >= 4 is 17.4 Å². The average molecular weight is 302 g/mol. The zero-order valence-corrected chi connectivity index (χ0v) is 13.3. The van der Waals surface area contributed by atoms with E-state index in [4.69, 9.17) is 0 Å². The van der Waals surface area contributed by atoms with Gasteiger partial charge in [0.25, 0.3) is 0 Å². The van der Waals surface area contributed by atoms with E-state index in [9.17, 15) is 0 Å². The van der Waals surface area contributed by atoms with Crippen molar-refractivity contribution in [2.24, 2.45) is 0 Å². The van der Waals surface area contributed by atoms with Crippen LogP contribution in [0.1, 0.15) is 12.5 Å². The van der Waals surface area contributed by atoms with Gasteiger partial charge in [-0.2, -0.15) is 0 Å². The van der Waals surface area contributed by atoms with Crippen LogP contribution in [0.15, 0.2) is 41.8 Å². The topological polar surface area (TPSA) is 33.1 Å². The van der Waals surface area contributed by atoms with Crippen molar-refractivity contribution < 1.29 is 0 Å². The van der Waals surface area contributed by atoms with Crippen LogP contribution in [0.3, 0.4) is 0 Å². The van der Waals surface area contributed by atoms with Crippen LogP contribution in [0.2, 0.25) is 0 Å². The van der Waals surface area contributed by atoms with E-state index in [0.29, 0.717) is 0 Å². The van der Waals surface area contributed by atoms with Gasteiger partial charge in [0.2, 0.25) is 0 Å². The van der Waals surface area contributed by atoms with Crippen molar-refractivity contribution in [2.45, 2.75) is 18.6 Å². The number of nitrogens with one attached hydrogen (secondary N) is 1. The highest BCUT2D eigenvalue weighted by molar-refractivity contribution is 7.99. The van der Waals surface area contributed by atoms with E-state index in [1.807, 2.05) is 6.20 Å². The van der Waals surface area contributed by atoms with Crippen molar-refractivity contribution in [3.63, 3.8) is 0 Å². The van der Waals surface area contributed by atoms with Gasteiger partial charge in [-0.1, -0.05) is 36.9 Å². The quantitative estimate of drug-likeness (QED) is 0.860. The van der Waals surface area contributed by atoms with E-state index in [1.54, 1.807) is 11.8 Å². The van der Waals surface area contributed by atoms with Crippen LogP contribution in [0, 0.1) is 0 Å². The Kier molecular flexibility index (Phi) is 4.83. The molecule has 0 radical (unpaired) electrons. The van der Waals surface area contributed by atoms with Gasteiger partial charge in [-0.3, -0.25) is 0 Å². The first-order chi connectivity index (χ1) is 10.4. The van der Waals surface area contributed by atoms with Crippen LogP contribution >= 0.6 is 11.8 Å². The summed E-state index contributed by atoms with van der Waals surface area (Å²) in [5.41, 5.74) is 2.73. The molecule has 1 aliphatic rings. The Morgan fingerprint density at radius 3 is 2.86 bits per heavy atom. The number of hydrogen-bond donors (Lipinski definition) is 1. The van der Waals surface area contributed by atoms with Crippen molar-refractivity contribution in [2.75, 3.05) is 36.8 Å². The normalized spacial score (nSPS) is 15.4. The van der Waals surface area contributed by atoms with Gasteiger partial charge in [-0.05, 0) is 17.4 Å². The first kappa shape index (κ1) is 14.5. The highest BCUT2D eigenvalue weighted by Crippen LogP contribution is 2.24. The van der Waals surface area contributed by atoms with Gasteiger partial charge in [-0.25, -0.2) is 4.98 Å². The minimum absolute atomic E-state index is 0.891. The highest BCUT2D eigenvalue weighted by atomic mass is 32.2. The number of nitrogens with zero attached hydrogens (tertiary/aromatic N) is 3. The summed E-state index contributed by atoms with van der Waals surface area (Å²) in [4.78, 5) is 6.93. The molecule has 1 aromatic carbocycles. The highest BCUT2D eigenvalue weighted by Gasteiger charge is 2.14. The van der Waals surface area contributed by atoms with Gasteiger partial charge in [0, 0.05) is 44.3 Å². The Morgan fingerprint density at radius 1 is 1.24 bits per heavy atom. The van der Waals surface area contributed by atoms with Crippen LogP contribution in [0.5, 0.6) is 0 Å². The van der Waals surface area contributed by atoms with E-state index < -0.39 is 0 Å². The Balaban J connectivity index is 1.83. The monoisotopic (exact) mass is 302 g/mol. The number of anilines is 1. The Hall–Kier alpha value is -1.46. The van der Waals surface area contributed by atoms with Crippen molar-refractivity contribution in [3.8, 4) is 0 Å². The number of imidazole rings is 1. The number of para-hydroxylation sites is 1. The van der Waals surface area contributed by atoms with Gasteiger partial charge < -0.3 is 14.8 Å². The molecule has 0 atom stereocenters. The van der Waals surface area contributed by atoms with Gasteiger partial charge in [0.1, 0.15) is 0 Å². The lowest BCUT2D eigenvalue weighted by Gasteiger charge is -2.31. The molecule has 112 valence electrons. The molecule has 4 nitrogen and oxygen atoms in total. The zero-order valence-electron chi connectivity index (χ0n) is 12.5. The SMILES string of the molecule is CCSc1nccn1Cc1ccccc1N1CCNCC1. The molecule has 0 unspecified atom stereocenters. The predicted octanol–water partition coefficient (Wildman–Crippen LogP) is 2.45. The lowest BCUT2D eigenvalue weighted by molar-refractivity contribution is 0.586. The van der Waals surface area contributed by atoms with Gasteiger partial charge in [0.15, 0.2) is 5.16 Å². The maximum absolute atomic E-state index is 4.45. The van der Waals surface area contributed by atoms with E-state index >= 15 is 0 Å². The molecule has 21 heavy (non-hydrogen) atoms. The number of thioether (sulfide) groups is 1. The summed E-state index contributed by atoms with van der Waals surface area (Å²) in [5.74, 6) is 1.05. The number of aromatic nitrogens is 2. The molecule has 2 aromatic rings. The largest absolute Gasteiger partial charge is 0.369 e. The van der Waals surface area contributed by atoms with Gasteiger partial charge >= 0.3 is 0 Å².